The Kier molecular flexibility index (Phi) is 7.01. The minimum absolute atomic E-state index is 0.120. The minimum Gasteiger partial charge on any atom is -0.326 e. The molecule has 0 fully saturated rings. The van der Waals surface area contributed by atoms with Crippen molar-refractivity contribution in [2.24, 2.45) is 11.7 Å². The lowest BCUT2D eigenvalue weighted by molar-refractivity contribution is 0.114. The fraction of sp³-hybridized carbons (Fsp3) is 0.647. The second kappa shape index (κ2) is 8.02. The summed E-state index contributed by atoms with van der Waals surface area (Å²) in [4.78, 5) is 2.50. The third-order valence-electron chi connectivity index (χ3n) is 3.66. The van der Waals surface area contributed by atoms with Crippen LogP contribution in [0.25, 0.3) is 0 Å². The molecule has 0 aliphatic heterocycles. The van der Waals surface area contributed by atoms with Crippen molar-refractivity contribution in [1.29, 1.82) is 0 Å². The molecule has 0 aromatic heterocycles. The monoisotopic (exact) mass is 296 g/mol. The van der Waals surface area contributed by atoms with E-state index in [1.807, 2.05) is 12.1 Å². The summed E-state index contributed by atoms with van der Waals surface area (Å²) in [5.74, 6) is 0.614. The van der Waals surface area contributed by atoms with Gasteiger partial charge in [-0.2, -0.15) is 0 Å². The Morgan fingerprint density at radius 3 is 2.30 bits per heavy atom. The molecule has 0 radical (unpaired) electrons. The molecule has 1 aromatic carbocycles. The maximum Gasteiger partial charge on any atom is 0.0502 e. The Bertz CT molecular complexity index is 404. The molecular weight excluding hydrogens is 268 g/mol. The summed E-state index contributed by atoms with van der Waals surface area (Å²) in [6.07, 6.45) is 0.957. The second-order valence-corrected chi connectivity index (χ2v) is 6.69. The van der Waals surface area contributed by atoms with Crippen molar-refractivity contribution < 1.29 is 0 Å². The van der Waals surface area contributed by atoms with Gasteiger partial charge in [-0.1, -0.05) is 44.5 Å². The average molecular weight is 297 g/mol. The average Bonchev–Trinajstić information content (AvgIpc) is 2.37. The van der Waals surface area contributed by atoms with Crippen molar-refractivity contribution in [3.8, 4) is 0 Å². The summed E-state index contributed by atoms with van der Waals surface area (Å²) in [6, 6.07) is 8.93. The topological polar surface area (TPSA) is 29.3 Å². The molecule has 3 heteroatoms. The van der Waals surface area contributed by atoms with Crippen molar-refractivity contribution in [1.82, 2.24) is 4.90 Å². The van der Waals surface area contributed by atoms with Gasteiger partial charge in [-0.25, -0.2) is 0 Å². The van der Waals surface area contributed by atoms with Gasteiger partial charge >= 0.3 is 0 Å². The first-order chi connectivity index (χ1) is 9.36. The van der Waals surface area contributed by atoms with E-state index in [2.05, 4.69) is 51.7 Å². The third kappa shape index (κ3) is 4.76. The quantitative estimate of drug-likeness (QED) is 0.803. The molecule has 0 amide bonds. The highest BCUT2D eigenvalue weighted by molar-refractivity contribution is 6.30. The van der Waals surface area contributed by atoms with Crippen molar-refractivity contribution in [2.45, 2.75) is 59.2 Å². The molecule has 2 atom stereocenters. The Hall–Kier alpha value is -0.570. The van der Waals surface area contributed by atoms with Gasteiger partial charge in [-0.05, 0) is 43.9 Å². The van der Waals surface area contributed by atoms with Gasteiger partial charge in [0, 0.05) is 23.7 Å². The summed E-state index contributed by atoms with van der Waals surface area (Å²) in [5, 5.41) is 0.782. The molecule has 2 nitrogen and oxygen atoms in total. The zero-order valence-electron chi connectivity index (χ0n) is 13.4. The van der Waals surface area contributed by atoms with E-state index >= 15 is 0 Å². The maximum atomic E-state index is 6.43. The van der Waals surface area contributed by atoms with Crippen LogP contribution in [0.2, 0.25) is 5.02 Å². The molecule has 0 saturated heterocycles. The maximum absolute atomic E-state index is 6.43. The smallest absolute Gasteiger partial charge is 0.0502 e. The molecule has 0 bridgehead atoms. The van der Waals surface area contributed by atoms with Crippen LogP contribution in [0, 0.1) is 5.92 Å². The van der Waals surface area contributed by atoms with Gasteiger partial charge in [-0.15, -0.1) is 0 Å². The first-order valence-electron chi connectivity index (χ1n) is 7.63. The van der Waals surface area contributed by atoms with Crippen molar-refractivity contribution in [3.63, 3.8) is 0 Å². The molecule has 2 N–H and O–H groups in total. The largest absolute Gasteiger partial charge is 0.326 e. The summed E-state index contributed by atoms with van der Waals surface area (Å²) in [6.45, 7) is 12.2. The Morgan fingerprint density at radius 2 is 1.85 bits per heavy atom. The van der Waals surface area contributed by atoms with Crippen molar-refractivity contribution in [2.75, 3.05) is 6.54 Å². The van der Waals surface area contributed by atoms with E-state index in [0.29, 0.717) is 12.0 Å². The van der Waals surface area contributed by atoms with Gasteiger partial charge in [0.2, 0.25) is 0 Å². The van der Waals surface area contributed by atoms with Crippen LogP contribution in [-0.2, 0) is 0 Å². The molecule has 0 heterocycles. The number of halogens is 1. The molecule has 1 aromatic rings. The Balaban J connectivity index is 3.15. The standard InChI is InChI=1S/C17H29ClN2/c1-6-16(19)17(14-8-7-9-15(18)10-14)20(13(4)5)11-12(2)3/h7-10,12-13,16-17H,6,11,19H2,1-5H3. The SMILES string of the molecule is CCC(N)C(c1cccc(Cl)c1)N(CC(C)C)C(C)C. The van der Waals surface area contributed by atoms with Gasteiger partial charge in [0.1, 0.15) is 0 Å². The molecule has 2 unspecified atom stereocenters. The summed E-state index contributed by atoms with van der Waals surface area (Å²) < 4.78 is 0. The van der Waals surface area contributed by atoms with Crippen LogP contribution in [0.15, 0.2) is 24.3 Å². The summed E-state index contributed by atoms with van der Waals surface area (Å²) >= 11 is 6.17. The highest BCUT2D eigenvalue weighted by Crippen LogP contribution is 2.29. The highest BCUT2D eigenvalue weighted by atomic mass is 35.5. The first kappa shape index (κ1) is 17.5. The normalized spacial score (nSPS) is 15.1. The third-order valence-corrected chi connectivity index (χ3v) is 3.90. The number of rotatable bonds is 7. The molecular formula is C17H29ClN2. The van der Waals surface area contributed by atoms with E-state index < -0.39 is 0 Å². The number of hydrogen-bond donors (Lipinski definition) is 1. The zero-order valence-corrected chi connectivity index (χ0v) is 14.2. The van der Waals surface area contributed by atoms with E-state index in [-0.39, 0.29) is 12.1 Å². The van der Waals surface area contributed by atoms with Crippen molar-refractivity contribution in [3.05, 3.63) is 34.9 Å². The lowest BCUT2D eigenvalue weighted by Gasteiger charge is -2.39. The molecule has 0 saturated carbocycles. The van der Waals surface area contributed by atoms with Crippen LogP contribution in [0.1, 0.15) is 52.6 Å². The fourth-order valence-electron chi connectivity index (χ4n) is 2.67. The van der Waals surface area contributed by atoms with E-state index in [9.17, 15) is 0 Å². The number of nitrogens with zero attached hydrogens (tertiary/aromatic N) is 1. The second-order valence-electron chi connectivity index (χ2n) is 6.26. The molecule has 20 heavy (non-hydrogen) atoms. The van der Waals surface area contributed by atoms with E-state index in [0.717, 1.165) is 18.0 Å². The van der Waals surface area contributed by atoms with E-state index in [1.54, 1.807) is 0 Å². The lowest BCUT2D eigenvalue weighted by atomic mass is 9.94. The predicted molar refractivity (Wildman–Crippen MR) is 89.1 cm³/mol. The van der Waals surface area contributed by atoms with Crippen LogP contribution < -0.4 is 5.73 Å². The zero-order chi connectivity index (χ0) is 15.3. The Labute approximate surface area is 129 Å². The van der Waals surface area contributed by atoms with Crippen LogP contribution in [0.5, 0.6) is 0 Å². The number of hydrogen-bond acceptors (Lipinski definition) is 2. The molecule has 0 aliphatic carbocycles. The van der Waals surface area contributed by atoms with Crippen LogP contribution in [0.4, 0.5) is 0 Å². The van der Waals surface area contributed by atoms with Crippen LogP contribution in [-0.4, -0.2) is 23.5 Å². The number of nitrogens with two attached hydrogens (primary N) is 1. The molecule has 1 rings (SSSR count). The molecule has 0 aliphatic rings. The Morgan fingerprint density at radius 1 is 1.20 bits per heavy atom. The highest BCUT2D eigenvalue weighted by Gasteiger charge is 2.28. The van der Waals surface area contributed by atoms with E-state index in [1.165, 1.54) is 5.56 Å². The molecule has 0 spiro atoms. The van der Waals surface area contributed by atoms with Crippen LogP contribution >= 0.6 is 11.6 Å². The predicted octanol–water partition coefficient (Wildman–Crippen LogP) is 4.48. The fourth-order valence-corrected chi connectivity index (χ4v) is 2.86. The van der Waals surface area contributed by atoms with Gasteiger partial charge in [0.05, 0.1) is 6.04 Å². The number of benzene rings is 1. The van der Waals surface area contributed by atoms with Gasteiger partial charge < -0.3 is 5.73 Å². The van der Waals surface area contributed by atoms with Gasteiger partial charge in [0.25, 0.3) is 0 Å². The summed E-state index contributed by atoms with van der Waals surface area (Å²) in [7, 11) is 0. The van der Waals surface area contributed by atoms with Crippen LogP contribution in [0.3, 0.4) is 0 Å². The molecule has 114 valence electrons. The minimum atomic E-state index is 0.120. The van der Waals surface area contributed by atoms with Gasteiger partial charge in [0.15, 0.2) is 0 Å². The van der Waals surface area contributed by atoms with Crippen molar-refractivity contribution >= 4 is 11.6 Å². The van der Waals surface area contributed by atoms with Gasteiger partial charge in [-0.3, -0.25) is 4.90 Å². The van der Waals surface area contributed by atoms with E-state index in [4.69, 9.17) is 17.3 Å². The first-order valence-corrected chi connectivity index (χ1v) is 8.01. The lowest BCUT2D eigenvalue weighted by Crippen LogP contribution is -2.45. The summed E-state index contributed by atoms with van der Waals surface area (Å²) in [5.41, 5.74) is 7.65.